The summed E-state index contributed by atoms with van der Waals surface area (Å²) in [4.78, 5) is 99.3. The number of rotatable bonds is 14. The first kappa shape index (κ1) is 84.2. The second-order valence-corrected chi connectivity index (χ2v) is 32.5. The van der Waals surface area contributed by atoms with E-state index in [0.717, 1.165) is 115 Å². The van der Waals surface area contributed by atoms with Crippen molar-refractivity contribution in [3.05, 3.63) is 270 Å². The number of aryl methyl sites for hydroxylation is 1. The van der Waals surface area contributed by atoms with E-state index >= 15 is 0 Å². The van der Waals surface area contributed by atoms with Gasteiger partial charge in [-0.25, -0.2) is 34.1 Å². The fourth-order valence-corrected chi connectivity index (χ4v) is 13.8. The van der Waals surface area contributed by atoms with Gasteiger partial charge in [0.2, 0.25) is 0 Å². The molecular formula is C96H104N12O10. The van der Waals surface area contributed by atoms with Gasteiger partial charge >= 0.3 is 24.2 Å². The third-order valence-corrected chi connectivity index (χ3v) is 20.0. The molecule has 0 atom stereocenters. The van der Waals surface area contributed by atoms with Crippen molar-refractivity contribution >= 4 is 103 Å². The number of ether oxygens (including phenoxy) is 3. The number of carboxylic acids is 1. The largest absolute Gasteiger partial charge is 0.478 e. The van der Waals surface area contributed by atoms with Crippen molar-refractivity contribution in [2.24, 2.45) is 0 Å². The number of nitrogens with two attached hydrogens (primary N) is 2. The number of carboxylic acid groups (broad SMARTS) is 1. The van der Waals surface area contributed by atoms with E-state index in [2.05, 4.69) is 72.8 Å². The molecule has 3 amide bonds. The lowest BCUT2D eigenvalue weighted by molar-refractivity contribution is 0.0230. The average Bonchev–Trinajstić information content (AvgIpc) is 0.807. The molecule has 0 bridgehead atoms. The highest BCUT2D eigenvalue weighted by atomic mass is 16.6. The van der Waals surface area contributed by atoms with Gasteiger partial charge in [-0.3, -0.25) is 14.9 Å². The summed E-state index contributed by atoms with van der Waals surface area (Å²) < 4.78 is 16.4. The fourth-order valence-electron chi connectivity index (χ4n) is 13.8. The van der Waals surface area contributed by atoms with Gasteiger partial charge in [-0.05, 0) is 247 Å². The molecule has 15 rings (SSSR count). The maximum Gasteiger partial charge on any atom is 0.412 e. The quantitative estimate of drug-likeness (QED) is 0.0384. The zero-order valence-corrected chi connectivity index (χ0v) is 68.8. The predicted molar refractivity (Wildman–Crippen MR) is 472 cm³/mol. The number of nitrogen functional groups attached to an aromatic ring is 2. The molecule has 3 aromatic heterocycles. The summed E-state index contributed by atoms with van der Waals surface area (Å²) in [7, 11) is 0. The van der Waals surface area contributed by atoms with E-state index in [1.165, 1.54) is 11.1 Å². The van der Waals surface area contributed by atoms with E-state index in [0.29, 0.717) is 80.4 Å². The van der Waals surface area contributed by atoms with Crippen LogP contribution in [0.15, 0.2) is 237 Å². The van der Waals surface area contributed by atoms with Gasteiger partial charge < -0.3 is 60.6 Å². The highest BCUT2D eigenvalue weighted by molar-refractivity contribution is 6.03. The molecule has 7 N–H and O–H groups in total. The third-order valence-electron chi connectivity index (χ3n) is 20.0. The minimum atomic E-state index is -0.950. The lowest BCUT2D eigenvalue weighted by Crippen LogP contribution is -2.50. The highest BCUT2D eigenvalue weighted by Crippen LogP contribution is 2.32. The minimum Gasteiger partial charge on any atom is -0.478 e. The monoisotopic (exact) mass is 1580 g/mol. The van der Waals surface area contributed by atoms with E-state index in [9.17, 15) is 28.8 Å². The number of pyridine rings is 3. The van der Waals surface area contributed by atoms with E-state index in [1.807, 2.05) is 218 Å². The van der Waals surface area contributed by atoms with Crippen molar-refractivity contribution in [3.8, 4) is 33.4 Å². The van der Waals surface area contributed by atoms with Crippen molar-refractivity contribution in [2.45, 2.75) is 98.9 Å². The van der Waals surface area contributed by atoms with Crippen LogP contribution in [0.1, 0.15) is 110 Å². The van der Waals surface area contributed by atoms with Crippen molar-refractivity contribution in [3.63, 3.8) is 0 Å². The number of piperazine rings is 3. The molecule has 3 saturated heterocycles. The van der Waals surface area contributed by atoms with E-state index < -0.39 is 28.9 Å². The van der Waals surface area contributed by atoms with Crippen molar-refractivity contribution < 1.29 is 48.1 Å². The SMILES string of the molecule is CC(C)(C)OC(=O)N1CCN(c2ccc3cc(C(=O)O)ccc3n2)CC1.CC(C)(C)OC(=O)Nc1ccc(-c2ccccc2)cc1CC(=O)c1ccc2nc(N3CCN(C(=O)OC(C)(C)C)CC3)ccc2c1.Cc1cc(-c2ccccc2)ccc1N.Nc1ccc(-c2ccccc2)cc1CC(=O)c1ccc2nc(N3CCNCC3)ccc2c1. The number of hydrogen-bond acceptors (Lipinski definition) is 18. The summed E-state index contributed by atoms with van der Waals surface area (Å²) in [5, 5.41) is 17.9. The summed E-state index contributed by atoms with van der Waals surface area (Å²) in [6.45, 7) is 27.4. The van der Waals surface area contributed by atoms with Gasteiger partial charge in [0.15, 0.2) is 11.6 Å². The first-order valence-corrected chi connectivity index (χ1v) is 39.9. The number of hydrogen-bond donors (Lipinski definition) is 5. The van der Waals surface area contributed by atoms with Crippen LogP contribution in [0.3, 0.4) is 0 Å². The molecule has 0 radical (unpaired) electrons. The van der Waals surface area contributed by atoms with Crippen molar-refractivity contribution in [1.29, 1.82) is 0 Å². The Morgan fingerprint density at radius 1 is 0.390 bits per heavy atom. The number of carbonyl (C=O) groups excluding carboxylic acids is 5. The first-order valence-electron chi connectivity index (χ1n) is 39.9. The van der Waals surface area contributed by atoms with Crippen LogP contribution in [-0.4, -0.2) is 161 Å². The van der Waals surface area contributed by atoms with Gasteiger partial charge in [-0.15, -0.1) is 0 Å². The Morgan fingerprint density at radius 3 is 1.16 bits per heavy atom. The number of carbonyl (C=O) groups is 6. The topological polar surface area (TPSA) is 281 Å². The summed E-state index contributed by atoms with van der Waals surface area (Å²) in [6.07, 6.45) is -0.803. The third kappa shape index (κ3) is 23.1. The minimum absolute atomic E-state index is 0.0509. The molecule has 3 fully saturated rings. The molecule has 22 heteroatoms. The number of aromatic carboxylic acids is 1. The van der Waals surface area contributed by atoms with Crippen LogP contribution in [0.5, 0.6) is 0 Å². The standard InChI is InChI=1S/C37H42N4O5.C27H26N4O.C19H23N3O4.C13H13N/c1-36(2,3)45-34(43)39-31-15-12-26(25-10-8-7-9-11-25)22-29(31)24-32(42)28-13-16-30-27(23-28)14-17-33(38-30)40-18-20-41(21-19-40)35(44)46-37(4,5)6;28-24-9-6-20(19-4-2-1-3-5-19)16-23(24)18-26(32)22-7-10-25-21(17-22)8-11-27(30-25)31-14-12-29-13-15-31;1-19(2,3)26-18(25)22-10-8-21(9-11-22)16-7-5-13-12-14(17(23)24)4-6-15(13)20-16;1-10-9-12(7-8-13(10)14)11-5-3-2-4-6-11/h7-17,22-23H,18-21,24H2,1-6H3,(H,39,43);1-11,16-17,29H,12-15,18,28H2;4-7,12H,8-11H2,1-3H3,(H,23,24);2-9H,14H2,1H3. The summed E-state index contributed by atoms with van der Waals surface area (Å²) in [5.41, 5.74) is 25.5. The smallest absolute Gasteiger partial charge is 0.412 e. The van der Waals surface area contributed by atoms with Gasteiger partial charge in [0.05, 0.1) is 22.1 Å². The molecule has 0 unspecified atom stereocenters. The van der Waals surface area contributed by atoms with Crippen molar-refractivity contribution in [2.75, 3.05) is 110 Å². The maximum atomic E-state index is 13.6. The average molecular weight is 1590 g/mol. The lowest BCUT2D eigenvalue weighted by Gasteiger charge is -2.36. The summed E-state index contributed by atoms with van der Waals surface area (Å²) >= 11 is 0. The summed E-state index contributed by atoms with van der Waals surface area (Å²) in [5.74, 6) is 1.66. The molecule has 118 heavy (non-hydrogen) atoms. The molecule has 22 nitrogen and oxygen atoms in total. The Balaban J connectivity index is 0.000000155. The number of amides is 3. The number of benzene rings is 9. The van der Waals surface area contributed by atoms with Gasteiger partial charge in [0, 0.05) is 136 Å². The van der Waals surface area contributed by atoms with Crippen LogP contribution in [0, 0.1) is 6.92 Å². The molecule has 3 aliphatic rings. The van der Waals surface area contributed by atoms with Gasteiger partial charge in [-0.2, -0.15) is 0 Å². The van der Waals surface area contributed by atoms with Crippen LogP contribution >= 0.6 is 0 Å². The molecule has 0 saturated carbocycles. The number of nitrogens with one attached hydrogen (secondary N) is 2. The lowest BCUT2D eigenvalue weighted by atomic mass is 9.96. The molecule has 608 valence electrons. The second-order valence-electron chi connectivity index (χ2n) is 32.5. The molecule has 6 heterocycles. The highest BCUT2D eigenvalue weighted by Gasteiger charge is 2.29. The first-order chi connectivity index (χ1) is 56.4. The molecule has 0 spiro atoms. The van der Waals surface area contributed by atoms with E-state index in [-0.39, 0.29) is 42.2 Å². The predicted octanol–water partition coefficient (Wildman–Crippen LogP) is 18.3. The molecule has 12 aromatic rings. The number of Topliss-reactive ketones (excluding diaryl/α,β-unsaturated/α-hetero) is 2. The summed E-state index contributed by atoms with van der Waals surface area (Å²) in [6, 6.07) is 76.0. The van der Waals surface area contributed by atoms with Crippen LogP contribution in [0.2, 0.25) is 0 Å². The maximum absolute atomic E-state index is 13.6. The Bertz CT molecular complexity index is 5570. The number of anilines is 6. The zero-order valence-electron chi connectivity index (χ0n) is 68.8. The van der Waals surface area contributed by atoms with Gasteiger partial charge in [0.1, 0.15) is 34.3 Å². The number of ketones is 2. The Hall–Kier alpha value is -13.2. The molecular weight excluding hydrogens is 1480 g/mol. The number of fused-ring (bicyclic) bond motifs is 3. The number of aromatic nitrogens is 3. The Labute approximate surface area is 689 Å². The zero-order chi connectivity index (χ0) is 83.8. The number of nitrogens with zero attached hydrogens (tertiary/aromatic N) is 8. The second kappa shape index (κ2) is 37.6. The molecule has 9 aromatic carbocycles. The fraction of sp³-hybridized carbons (Fsp3) is 0.281. The van der Waals surface area contributed by atoms with Gasteiger partial charge in [-0.1, -0.05) is 109 Å². The van der Waals surface area contributed by atoms with Crippen LogP contribution in [-0.2, 0) is 27.1 Å². The normalized spacial score (nSPS) is 13.7. The van der Waals surface area contributed by atoms with Crippen LogP contribution < -0.4 is 36.8 Å². The van der Waals surface area contributed by atoms with Crippen LogP contribution in [0.4, 0.5) is 48.9 Å². The van der Waals surface area contributed by atoms with Crippen LogP contribution in [0.25, 0.3) is 66.1 Å². The van der Waals surface area contributed by atoms with E-state index in [4.69, 9.17) is 40.8 Å². The Kier molecular flexibility index (Phi) is 26.8. The van der Waals surface area contributed by atoms with Gasteiger partial charge in [0.25, 0.3) is 0 Å². The molecule has 3 aliphatic heterocycles. The molecule has 0 aliphatic carbocycles. The van der Waals surface area contributed by atoms with Crippen molar-refractivity contribution in [1.82, 2.24) is 30.1 Å². The Morgan fingerprint density at radius 2 is 0.754 bits per heavy atom. The van der Waals surface area contributed by atoms with E-state index in [1.54, 1.807) is 54.8 Å².